The molecule has 0 aromatic heterocycles. The molecule has 17 heavy (non-hydrogen) atoms. The Morgan fingerprint density at radius 1 is 1.47 bits per heavy atom. The third kappa shape index (κ3) is 3.09. The Bertz CT molecular complexity index is 407. The van der Waals surface area contributed by atoms with Gasteiger partial charge in [0.05, 0.1) is 4.92 Å². The van der Waals surface area contributed by atoms with Gasteiger partial charge in [-0.1, -0.05) is 26.3 Å². The van der Waals surface area contributed by atoms with E-state index in [9.17, 15) is 10.1 Å². The van der Waals surface area contributed by atoms with Gasteiger partial charge in [0.25, 0.3) is 0 Å². The maximum Gasteiger partial charge on any atom is 0.314 e. The molecule has 0 aliphatic rings. The molecule has 94 valence electrons. The third-order valence-corrected chi connectivity index (χ3v) is 3.13. The first-order valence-electron chi connectivity index (χ1n) is 5.76. The number of nitrogen functional groups attached to an aromatic ring is 1. The lowest BCUT2D eigenvalue weighted by Gasteiger charge is -2.21. The van der Waals surface area contributed by atoms with Gasteiger partial charge in [0, 0.05) is 6.04 Å². The first kappa shape index (κ1) is 13.3. The number of benzene rings is 1. The third-order valence-electron chi connectivity index (χ3n) is 3.13. The lowest BCUT2D eigenvalue weighted by Crippen LogP contribution is -2.23. The van der Waals surface area contributed by atoms with Gasteiger partial charge >= 0.3 is 5.69 Å². The van der Waals surface area contributed by atoms with E-state index in [2.05, 4.69) is 19.2 Å². The van der Waals surface area contributed by atoms with Crippen molar-refractivity contribution >= 4 is 17.1 Å². The summed E-state index contributed by atoms with van der Waals surface area (Å²) in [5.41, 5.74) is 6.27. The van der Waals surface area contributed by atoms with Crippen LogP contribution in [0.1, 0.15) is 27.2 Å². The van der Waals surface area contributed by atoms with Crippen molar-refractivity contribution in [2.45, 2.75) is 33.2 Å². The van der Waals surface area contributed by atoms with Gasteiger partial charge in [-0.2, -0.15) is 0 Å². The maximum atomic E-state index is 10.9. The van der Waals surface area contributed by atoms with E-state index in [-0.39, 0.29) is 17.4 Å². The van der Waals surface area contributed by atoms with E-state index >= 15 is 0 Å². The summed E-state index contributed by atoms with van der Waals surface area (Å²) in [7, 11) is 0. The van der Waals surface area contributed by atoms with E-state index < -0.39 is 4.92 Å². The van der Waals surface area contributed by atoms with Crippen molar-refractivity contribution in [3.63, 3.8) is 0 Å². The second-order valence-corrected chi connectivity index (χ2v) is 4.32. The maximum absolute atomic E-state index is 10.9. The normalized spacial score (nSPS) is 14.1. The molecule has 0 saturated carbocycles. The lowest BCUT2D eigenvalue weighted by molar-refractivity contribution is -0.383. The Balaban J connectivity index is 2.98. The molecule has 3 N–H and O–H groups in total. The number of anilines is 2. The number of para-hydroxylation sites is 1. The van der Waals surface area contributed by atoms with Crippen molar-refractivity contribution in [3.8, 4) is 0 Å². The Labute approximate surface area is 101 Å². The first-order valence-corrected chi connectivity index (χ1v) is 5.76. The van der Waals surface area contributed by atoms with Crippen LogP contribution in [0.3, 0.4) is 0 Å². The molecular formula is C12H19N3O2. The molecule has 0 amide bonds. The molecule has 0 saturated heterocycles. The summed E-state index contributed by atoms with van der Waals surface area (Å²) < 4.78 is 0. The van der Waals surface area contributed by atoms with Crippen LogP contribution in [0.2, 0.25) is 0 Å². The van der Waals surface area contributed by atoms with Crippen LogP contribution in [-0.2, 0) is 0 Å². The molecule has 5 heteroatoms. The molecule has 0 aliphatic heterocycles. The quantitative estimate of drug-likeness (QED) is 0.468. The van der Waals surface area contributed by atoms with Crippen LogP contribution in [0, 0.1) is 16.0 Å². The van der Waals surface area contributed by atoms with Crippen molar-refractivity contribution < 1.29 is 4.92 Å². The van der Waals surface area contributed by atoms with Gasteiger partial charge in [-0.25, -0.2) is 0 Å². The molecule has 5 nitrogen and oxygen atoms in total. The minimum absolute atomic E-state index is 0.0392. The summed E-state index contributed by atoms with van der Waals surface area (Å²) in [5.74, 6) is 0.441. The van der Waals surface area contributed by atoms with E-state index in [4.69, 9.17) is 5.73 Å². The SMILES string of the molecule is CCC(C)C(C)Nc1cccc(N)c1[N+](=O)[O-]. The summed E-state index contributed by atoms with van der Waals surface area (Å²) >= 11 is 0. The number of nitrogens with one attached hydrogen (secondary N) is 1. The molecule has 1 aromatic carbocycles. The number of nitro benzene ring substituents is 1. The summed E-state index contributed by atoms with van der Waals surface area (Å²) in [6, 6.07) is 5.11. The van der Waals surface area contributed by atoms with Crippen LogP contribution in [0.5, 0.6) is 0 Å². The highest BCUT2D eigenvalue weighted by atomic mass is 16.6. The standard InChI is InChI=1S/C12H19N3O2/c1-4-8(2)9(3)14-11-7-5-6-10(13)12(11)15(16)17/h5-9,14H,4,13H2,1-3H3. The Hall–Kier alpha value is -1.78. The fourth-order valence-electron chi connectivity index (χ4n) is 1.62. The van der Waals surface area contributed by atoms with E-state index in [1.807, 2.05) is 6.92 Å². The minimum atomic E-state index is -0.443. The summed E-state index contributed by atoms with van der Waals surface area (Å²) in [6.45, 7) is 6.22. The number of hydrogen-bond acceptors (Lipinski definition) is 4. The second-order valence-electron chi connectivity index (χ2n) is 4.32. The Morgan fingerprint density at radius 2 is 2.12 bits per heavy atom. The topological polar surface area (TPSA) is 81.2 Å². The van der Waals surface area contributed by atoms with Crippen molar-refractivity contribution in [2.75, 3.05) is 11.1 Å². The number of nitro groups is 1. The van der Waals surface area contributed by atoms with Crippen LogP contribution >= 0.6 is 0 Å². The predicted molar refractivity (Wildman–Crippen MR) is 70.0 cm³/mol. The van der Waals surface area contributed by atoms with Gasteiger partial charge in [-0.15, -0.1) is 0 Å². The van der Waals surface area contributed by atoms with E-state index in [0.29, 0.717) is 11.6 Å². The Kier molecular flexibility index (Phi) is 4.31. The van der Waals surface area contributed by atoms with Crippen LogP contribution < -0.4 is 11.1 Å². The molecule has 1 aromatic rings. The molecule has 0 spiro atoms. The highest BCUT2D eigenvalue weighted by Crippen LogP contribution is 2.31. The molecule has 0 fully saturated rings. The molecule has 2 atom stereocenters. The van der Waals surface area contributed by atoms with Gasteiger partial charge in [0.1, 0.15) is 11.4 Å². The molecule has 1 rings (SSSR count). The molecule has 0 heterocycles. The average molecular weight is 237 g/mol. The molecule has 0 radical (unpaired) electrons. The Morgan fingerprint density at radius 3 is 2.65 bits per heavy atom. The summed E-state index contributed by atoms with van der Waals surface area (Å²) in [5, 5.41) is 14.1. The molecule has 0 bridgehead atoms. The van der Waals surface area contributed by atoms with Gasteiger partial charge in [-0.3, -0.25) is 10.1 Å². The fraction of sp³-hybridized carbons (Fsp3) is 0.500. The van der Waals surface area contributed by atoms with Crippen molar-refractivity contribution in [2.24, 2.45) is 5.92 Å². The highest BCUT2D eigenvalue weighted by molar-refractivity contribution is 5.74. The van der Waals surface area contributed by atoms with E-state index in [1.54, 1.807) is 12.1 Å². The lowest BCUT2D eigenvalue weighted by atomic mass is 10.0. The van der Waals surface area contributed by atoms with Crippen molar-refractivity contribution in [1.29, 1.82) is 0 Å². The zero-order valence-corrected chi connectivity index (χ0v) is 10.4. The number of nitrogens with zero attached hydrogens (tertiary/aromatic N) is 1. The molecule has 2 unspecified atom stereocenters. The van der Waals surface area contributed by atoms with Crippen molar-refractivity contribution in [3.05, 3.63) is 28.3 Å². The van der Waals surface area contributed by atoms with Gasteiger partial charge in [0.2, 0.25) is 0 Å². The highest BCUT2D eigenvalue weighted by Gasteiger charge is 2.20. The number of rotatable bonds is 5. The zero-order valence-electron chi connectivity index (χ0n) is 10.4. The monoisotopic (exact) mass is 237 g/mol. The molecule has 0 aliphatic carbocycles. The van der Waals surface area contributed by atoms with Gasteiger partial charge in [-0.05, 0) is 25.0 Å². The number of hydrogen-bond donors (Lipinski definition) is 2. The van der Waals surface area contributed by atoms with Crippen LogP contribution in [0.15, 0.2) is 18.2 Å². The zero-order chi connectivity index (χ0) is 13.0. The fourth-order valence-corrected chi connectivity index (χ4v) is 1.62. The van der Waals surface area contributed by atoms with Gasteiger partial charge in [0.15, 0.2) is 0 Å². The van der Waals surface area contributed by atoms with Crippen LogP contribution in [-0.4, -0.2) is 11.0 Å². The van der Waals surface area contributed by atoms with Crippen molar-refractivity contribution in [1.82, 2.24) is 0 Å². The summed E-state index contributed by atoms with van der Waals surface area (Å²) in [4.78, 5) is 10.5. The predicted octanol–water partition coefficient (Wildman–Crippen LogP) is 3.02. The van der Waals surface area contributed by atoms with E-state index in [0.717, 1.165) is 6.42 Å². The average Bonchev–Trinajstić information content (AvgIpc) is 2.27. The number of nitrogens with two attached hydrogens (primary N) is 1. The molecular weight excluding hydrogens is 218 g/mol. The van der Waals surface area contributed by atoms with Crippen LogP contribution in [0.25, 0.3) is 0 Å². The van der Waals surface area contributed by atoms with Gasteiger partial charge < -0.3 is 11.1 Å². The summed E-state index contributed by atoms with van der Waals surface area (Å²) in [6.07, 6.45) is 1.02. The smallest absolute Gasteiger partial charge is 0.314 e. The van der Waals surface area contributed by atoms with Crippen LogP contribution in [0.4, 0.5) is 17.1 Å². The minimum Gasteiger partial charge on any atom is -0.393 e. The second kappa shape index (κ2) is 5.52. The largest absolute Gasteiger partial charge is 0.393 e. The van der Waals surface area contributed by atoms with E-state index in [1.165, 1.54) is 6.07 Å². The first-order chi connectivity index (χ1) is 7.97.